The summed E-state index contributed by atoms with van der Waals surface area (Å²) in [6.07, 6.45) is 6.90. The molecule has 0 unspecified atom stereocenters. The smallest absolute Gasteiger partial charge is 0.128 e. The lowest BCUT2D eigenvalue weighted by Gasteiger charge is -2.15. The Morgan fingerprint density at radius 2 is 1.17 bits per heavy atom. The molecule has 2 heterocycles. The maximum atomic E-state index is 5.57. The van der Waals surface area contributed by atoms with Gasteiger partial charge in [0.25, 0.3) is 0 Å². The number of H-pyrrole nitrogens is 2. The monoisotopic (exact) mass is 320 g/mol. The van der Waals surface area contributed by atoms with Gasteiger partial charge in [0, 0.05) is 11.1 Å². The van der Waals surface area contributed by atoms with E-state index in [4.69, 9.17) is 9.47 Å². The molecule has 0 fully saturated rings. The van der Waals surface area contributed by atoms with Gasteiger partial charge in [-0.25, -0.2) is 9.97 Å². The first-order chi connectivity index (χ1) is 11.8. The Bertz CT molecular complexity index is 895. The summed E-state index contributed by atoms with van der Waals surface area (Å²) in [6, 6.07) is 7.98. The van der Waals surface area contributed by atoms with Crippen LogP contribution in [-0.4, -0.2) is 34.2 Å². The zero-order valence-corrected chi connectivity index (χ0v) is 13.3. The molecular formula is C18H16N4O2. The van der Waals surface area contributed by atoms with Gasteiger partial charge in [-0.05, 0) is 35.0 Å². The summed E-state index contributed by atoms with van der Waals surface area (Å²) in [5, 5.41) is 2.09. The lowest BCUT2D eigenvalue weighted by Crippen LogP contribution is -1.94. The highest BCUT2D eigenvalue weighted by atomic mass is 16.5. The average molecular weight is 320 g/mol. The first kappa shape index (κ1) is 14.3. The molecule has 4 aromatic rings. The minimum Gasteiger partial charge on any atom is -0.496 e. The molecule has 0 bridgehead atoms. The fourth-order valence-corrected chi connectivity index (χ4v) is 3.05. The number of aromatic amines is 2. The number of methoxy groups -OCH3 is 2. The Morgan fingerprint density at radius 1 is 0.708 bits per heavy atom. The normalized spacial score (nSPS) is 10.9. The second-order valence-corrected chi connectivity index (χ2v) is 5.31. The van der Waals surface area contributed by atoms with Gasteiger partial charge >= 0.3 is 0 Å². The summed E-state index contributed by atoms with van der Waals surface area (Å²) in [5.74, 6) is 1.57. The molecule has 0 radical (unpaired) electrons. The number of benzene rings is 2. The highest BCUT2D eigenvalue weighted by Crippen LogP contribution is 2.42. The second kappa shape index (κ2) is 5.73. The van der Waals surface area contributed by atoms with Crippen LogP contribution in [0.4, 0.5) is 0 Å². The van der Waals surface area contributed by atoms with Crippen molar-refractivity contribution in [2.75, 3.05) is 14.2 Å². The predicted molar refractivity (Wildman–Crippen MR) is 92.2 cm³/mol. The zero-order chi connectivity index (χ0) is 16.5. The van der Waals surface area contributed by atoms with E-state index in [9.17, 15) is 0 Å². The van der Waals surface area contributed by atoms with Crippen LogP contribution in [0.5, 0.6) is 11.5 Å². The van der Waals surface area contributed by atoms with Gasteiger partial charge in [0.05, 0.1) is 50.7 Å². The third kappa shape index (κ3) is 2.11. The van der Waals surface area contributed by atoms with Crippen molar-refractivity contribution >= 4 is 10.8 Å². The van der Waals surface area contributed by atoms with Crippen LogP contribution in [0, 0.1) is 0 Å². The van der Waals surface area contributed by atoms with Crippen LogP contribution in [0.3, 0.4) is 0 Å². The van der Waals surface area contributed by atoms with Gasteiger partial charge in [-0.15, -0.1) is 0 Å². The number of nitrogens with one attached hydrogen (secondary N) is 2. The van der Waals surface area contributed by atoms with Crippen LogP contribution in [0.25, 0.3) is 33.3 Å². The molecule has 24 heavy (non-hydrogen) atoms. The van der Waals surface area contributed by atoms with Crippen molar-refractivity contribution in [1.82, 2.24) is 19.9 Å². The molecule has 0 aliphatic carbocycles. The topological polar surface area (TPSA) is 75.8 Å². The molecule has 0 spiro atoms. The van der Waals surface area contributed by atoms with Crippen molar-refractivity contribution in [3.05, 3.63) is 49.3 Å². The largest absolute Gasteiger partial charge is 0.496 e. The first-order valence-electron chi connectivity index (χ1n) is 7.48. The number of fused-ring (bicyclic) bond motifs is 1. The van der Waals surface area contributed by atoms with Crippen LogP contribution in [0.1, 0.15) is 0 Å². The summed E-state index contributed by atoms with van der Waals surface area (Å²) < 4.78 is 11.1. The van der Waals surface area contributed by atoms with E-state index in [0.29, 0.717) is 0 Å². The lowest BCUT2D eigenvalue weighted by atomic mass is 9.95. The Morgan fingerprint density at radius 3 is 1.50 bits per heavy atom. The maximum absolute atomic E-state index is 5.57. The molecule has 0 atom stereocenters. The van der Waals surface area contributed by atoms with E-state index in [0.717, 1.165) is 44.8 Å². The Kier molecular flexibility index (Phi) is 3.42. The Balaban J connectivity index is 2.11. The molecular weight excluding hydrogens is 304 g/mol. The van der Waals surface area contributed by atoms with Crippen molar-refractivity contribution in [2.24, 2.45) is 0 Å². The standard InChI is InChI=1S/C18H16N4O2/c1-23-15-5-3-12-11(17(15)13-7-19-9-21-13)4-6-16(24-2)18(12)14-8-20-10-22-14/h3-10H,1-2H3,(H,19,21)(H,20,22). The van der Waals surface area contributed by atoms with Crippen molar-refractivity contribution < 1.29 is 9.47 Å². The predicted octanol–water partition coefficient (Wildman–Crippen LogP) is 3.64. The molecule has 0 aliphatic rings. The molecule has 4 rings (SSSR count). The molecule has 2 aromatic heterocycles. The van der Waals surface area contributed by atoms with Crippen LogP contribution in [-0.2, 0) is 0 Å². The number of hydrogen-bond acceptors (Lipinski definition) is 4. The SMILES string of the molecule is COc1ccc2c(-c3cnc[nH]3)c(OC)ccc2c1-c1cnc[nH]1. The van der Waals surface area contributed by atoms with E-state index in [-0.39, 0.29) is 0 Å². The van der Waals surface area contributed by atoms with Crippen LogP contribution >= 0.6 is 0 Å². The number of rotatable bonds is 4. The van der Waals surface area contributed by atoms with E-state index < -0.39 is 0 Å². The van der Waals surface area contributed by atoms with Crippen LogP contribution < -0.4 is 9.47 Å². The maximum Gasteiger partial charge on any atom is 0.128 e. The summed E-state index contributed by atoms with van der Waals surface area (Å²) in [4.78, 5) is 14.6. The van der Waals surface area contributed by atoms with Crippen LogP contribution in [0.15, 0.2) is 49.3 Å². The molecule has 0 saturated carbocycles. The van der Waals surface area contributed by atoms with Crippen LogP contribution in [0.2, 0.25) is 0 Å². The fraction of sp³-hybridized carbons (Fsp3) is 0.111. The second-order valence-electron chi connectivity index (χ2n) is 5.31. The summed E-state index contributed by atoms with van der Waals surface area (Å²) in [5.41, 5.74) is 3.74. The summed E-state index contributed by atoms with van der Waals surface area (Å²) in [6.45, 7) is 0. The molecule has 0 aliphatic heterocycles. The lowest BCUT2D eigenvalue weighted by molar-refractivity contribution is 0.415. The Hall–Kier alpha value is -3.28. The quantitative estimate of drug-likeness (QED) is 0.602. The number of imidazole rings is 2. The van der Waals surface area contributed by atoms with Gasteiger partial charge in [0.2, 0.25) is 0 Å². The van der Waals surface area contributed by atoms with Gasteiger partial charge in [-0.1, -0.05) is 0 Å². The molecule has 6 heteroatoms. The highest BCUT2D eigenvalue weighted by molar-refractivity contribution is 6.07. The third-order valence-corrected chi connectivity index (χ3v) is 4.10. The Labute approximate surface area is 138 Å². The molecule has 0 saturated heterocycles. The van der Waals surface area contributed by atoms with Gasteiger partial charge in [-0.3, -0.25) is 0 Å². The van der Waals surface area contributed by atoms with Crippen molar-refractivity contribution in [3.8, 4) is 34.0 Å². The van der Waals surface area contributed by atoms with Gasteiger partial charge in [-0.2, -0.15) is 0 Å². The number of hydrogen-bond donors (Lipinski definition) is 2. The van der Waals surface area contributed by atoms with E-state index in [1.807, 2.05) is 24.3 Å². The fourth-order valence-electron chi connectivity index (χ4n) is 3.05. The molecule has 120 valence electrons. The number of aromatic nitrogens is 4. The molecule has 2 aromatic carbocycles. The van der Waals surface area contributed by atoms with Gasteiger partial charge in [0.15, 0.2) is 0 Å². The number of nitrogens with zero attached hydrogens (tertiary/aromatic N) is 2. The molecule has 0 amide bonds. The van der Waals surface area contributed by atoms with Gasteiger partial charge < -0.3 is 19.4 Å². The van der Waals surface area contributed by atoms with Crippen molar-refractivity contribution in [3.63, 3.8) is 0 Å². The summed E-state index contributed by atoms with van der Waals surface area (Å²) >= 11 is 0. The van der Waals surface area contributed by atoms with E-state index >= 15 is 0 Å². The van der Waals surface area contributed by atoms with Gasteiger partial charge in [0.1, 0.15) is 11.5 Å². The molecule has 2 N–H and O–H groups in total. The average Bonchev–Trinajstić information content (AvgIpc) is 3.33. The van der Waals surface area contributed by atoms with E-state index in [2.05, 4.69) is 19.9 Å². The van der Waals surface area contributed by atoms with Crippen molar-refractivity contribution in [1.29, 1.82) is 0 Å². The zero-order valence-electron chi connectivity index (χ0n) is 13.3. The van der Waals surface area contributed by atoms with E-state index in [1.165, 1.54) is 0 Å². The van der Waals surface area contributed by atoms with Crippen molar-refractivity contribution in [2.45, 2.75) is 0 Å². The summed E-state index contributed by atoms with van der Waals surface area (Å²) in [7, 11) is 3.33. The molecule has 6 nitrogen and oxygen atoms in total. The minimum atomic E-state index is 0.785. The third-order valence-electron chi connectivity index (χ3n) is 4.10. The van der Waals surface area contributed by atoms with E-state index in [1.54, 1.807) is 39.3 Å². The number of ether oxygens (including phenoxy) is 2. The first-order valence-corrected chi connectivity index (χ1v) is 7.48. The minimum absolute atomic E-state index is 0.785. The highest BCUT2D eigenvalue weighted by Gasteiger charge is 2.18.